The molecule has 0 unspecified atom stereocenters. The van der Waals surface area contributed by atoms with Gasteiger partial charge in [0.05, 0.1) is 5.56 Å². The fraction of sp³-hybridized carbons (Fsp3) is 0.424. The Labute approximate surface area is 254 Å². The van der Waals surface area contributed by atoms with Crippen LogP contribution < -0.4 is 4.43 Å². The predicted molar refractivity (Wildman–Crippen MR) is 168 cm³/mol. The minimum atomic E-state index is -2.31. The highest BCUT2D eigenvalue weighted by Crippen LogP contribution is 2.39. The van der Waals surface area contributed by atoms with Crippen molar-refractivity contribution in [3.8, 4) is 5.75 Å². The van der Waals surface area contributed by atoms with Crippen molar-refractivity contribution in [1.82, 2.24) is 0 Å². The molecule has 0 fully saturated rings. The lowest BCUT2D eigenvalue weighted by atomic mass is 9.93. The van der Waals surface area contributed by atoms with Gasteiger partial charge in [-0.2, -0.15) is 0 Å². The molecule has 0 spiro atoms. The summed E-state index contributed by atoms with van der Waals surface area (Å²) in [6.07, 6.45) is 6.81. The number of ether oxygens (including phenoxy) is 2. The van der Waals surface area contributed by atoms with Crippen molar-refractivity contribution < 1.29 is 28.3 Å². The molecule has 9 nitrogen and oxygen atoms in total. The Morgan fingerprint density at radius 1 is 1.12 bits per heavy atom. The Morgan fingerprint density at radius 2 is 1.84 bits per heavy atom. The lowest BCUT2D eigenvalue weighted by Crippen LogP contribution is -2.44. The number of hydrogen-bond donors (Lipinski definition) is 0. The van der Waals surface area contributed by atoms with E-state index in [4.69, 9.17) is 19.4 Å². The topological polar surface area (TPSA) is 128 Å². The van der Waals surface area contributed by atoms with Gasteiger partial charge in [0, 0.05) is 17.8 Å². The van der Waals surface area contributed by atoms with Crippen LogP contribution in [-0.4, -0.2) is 38.4 Å². The zero-order valence-electron chi connectivity index (χ0n) is 25.8. The van der Waals surface area contributed by atoms with Crippen LogP contribution in [0.2, 0.25) is 18.1 Å². The molecule has 1 aliphatic rings. The van der Waals surface area contributed by atoms with Gasteiger partial charge in [-0.15, -0.1) is 0 Å². The average Bonchev–Trinajstić information content (AvgIpc) is 2.94. The first-order valence-electron chi connectivity index (χ1n) is 14.5. The maximum Gasteiger partial charge on any atom is 0.342 e. The van der Waals surface area contributed by atoms with E-state index in [0.29, 0.717) is 29.7 Å². The summed E-state index contributed by atoms with van der Waals surface area (Å²) in [5.41, 5.74) is 10.1. The van der Waals surface area contributed by atoms with Crippen LogP contribution in [0, 0.1) is 5.92 Å². The lowest BCUT2D eigenvalue weighted by molar-refractivity contribution is -0.113. The molecular weight excluding hydrogens is 562 g/mol. The van der Waals surface area contributed by atoms with E-state index < -0.39 is 38.4 Å². The summed E-state index contributed by atoms with van der Waals surface area (Å²) in [6.45, 7) is 12.6. The molecule has 3 rings (SSSR count). The molecule has 0 bridgehead atoms. The Bertz CT molecular complexity index is 1410. The summed E-state index contributed by atoms with van der Waals surface area (Å²) in [5, 5.41) is 2.96. The second-order valence-electron chi connectivity index (χ2n) is 12.3. The van der Waals surface area contributed by atoms with Crippen molar-refractivity contribution in [2.75, 3.05) is 0 Å². The highest BCUT2D eigenvalue weighted by Gasteiger charge is 2.40. The lowest BCUT2D eigenvalue weighted by Gasteiger charge is -2.37. The number of cyclic esters (lactones) is 1. The van der Waals surface area contributed by atoms with E-state index in [1.54, 1.807) is 30.3 Å². The van der Waals surface area contributed by atoms with E-state index in [-0.39, 0.29) is 23.8 Å². The molecule has 3 atom stereocenters. The zero-order chi connectivity index (χ0) is 31.6. The van der Waals surface area contributed by atoms with E-state index in [2.05, 4.69) is 43.9 Å². The number of rotatable bonds is 7. The molecular formula is C33H41N3O6Si. The first-order chi connectivity index (χ1) is 20.3. The number of benzene rings is 2. The van der Waals surface area contributed by atoms with E-state index in [1.165, 1.54) is 6.08 Å². The van der Waals surface area contributed by atoms with Crippen LogP contribution in [0.5, 0.6) is 5.75 Å². The van der Waals surface area contributed by atoms with Crippen molar-refractivity contribution in [3.63, 3.8) is 0 Å². The van der Waals surface area contributed by atoms with Gasteiger partial charge in [0.2, 0.25) is 5.91 Å². The minimum Gasteiger partial charge on any atom is -0.543 e. The summed E-state index contributed by atoms with van der Waals surface area (Å²) in [5.74, 6) is -1.40. The highest BCUT2D eigenvalue weighted by atomic mass is 28.4. The third-order valence-electron chi connectivity index (χ3n) is 7.97. The molecule has 0 saturated heterocycles. The minimum absolute atomic E-state index is 0.0916. The number of allylic oxidation sites excluding steroid dienone is 2. The van der Waals surface area contributed by atoms with Gasteiger partial charge < -0.3 is 13.9 Å². The van der Waals surface area contributed by atoms with Gasteiger partial charge in [0.25, 0.3) is 8.32 Å². The normalized spacial score (nSPS) is 20.4. The molecule has 2 aromatic carbocycles. The quantitative estimate of drug-likeness (QED) is 0.0598. The van der Waals surface area contributed by atoms with Crippen LogP contribution in [-0.2, 0) is 20.7 Å². The van der Waals surface area contributed by atoms with Crippen molar-refractivity contribution in [2.45, 2.75) is 83.7 Å². The largest absolute Gasteiger partial charge is 0.543 e. The van der Waals surface area contributed by atoms with E-state index in [1.807, 2.05) is 37.3 Å². The Kier molecular flexibility index (Phi) is 11.5. The van der Waals surface area contributed by atoms with Gasteiger partial charge in [0.1, 0.15) is 23.5 Å². The second kappa shape index (κ2) is 14.8. The first kappa shape index (κ1) is 33.4. The molecule has 1 amide bonds. The Balaban J connectivity index is 2.01. The summed E-state index contributed by atoms with van der Waals surface area (Å²) >= 11 is 0. The average molecular weight is 604 g/mol. The van der Waals surface area contributed by atoms with Gasteiger partial charge in [-0.25, -0.2) is 9.59 Å². The summed E-state index contributed by atoms with van der Waals surface area (Å²) in [7, 11) is -2.31. The van der Waals surface area contributed by atoms with E-state index in [0.717, 1.165) is 11.6 Å². The van der Waals surface area contributed by atoms with Gasteiger partial charge in [-0.3, -0.25) is 4.79 Å². The number of hydrogen-bond acceptors (Lipinski definition) is 6. The zero-order valence-corrected chi connectivity index (χ0v) is 26.8. The van der Waals surface area contributed by atoms with Crippen molar-refractivity contribution in [2.24, 2.45) is 11.0 Å². The van der Waals surface area contributed by atoms with Gasteiger partial charge in [0.15, 0.2) is 0 Å². The number of fused-ring (bicyclic) bond motifs is 1. The second-order valence-corrected chi connectivity index (χ2v) is 17.0. The molecule has 228 valence electrons. The van der Waals surface area contributed by atoms with Crippen LogP contribution in [0.15, 0.2) is 77.9 Å². The van der Waals surface area contributed by atoms with Crippen LogP contribution >= 0.6 is 0 Å². The maximum atomic E-state index is 13.9. The number of esters is 2. The standard InChI is InChI=1S/C33H41N3O6Si/c1-23-14-10-11-15-24-18-12-20-27(42-43(5,6)33(2,3)4)30(24)32(39)40-26(19-13-21-29(37)35-36-34)22-28(23)41-31(38)25-16-8-7-9-17-25/h7-13,16-18,20-21,23,26,28H,14-15,19,22H2,1-6H3/b11-10+,21-13+/t23-,26-,28+/m0/s1. The van der Waals surface area contributed by atoms with Crippen molar-refractivity contribution >= 4 is 26.2 Å². The van der Waals surface area contributed by atoms with E-state index >= 15 is 0 Å². The molecule has 0 saturated carbocycles. The number of azide groups is 1. The highest BCUT2D eigenvalue weighted by molar-refractivity contribution is 6.74. The SMILES string of the molecule is C[C@H]1C/C=C/Cc2cccc(O[Si](C)(C)C(C)(C)C)c2C(=O)O[C@@H](C/C=C/C(=O)N=[N+]=[N-])C[C@H]1OC(=O)c1ccccc1. The third kappa shape index (κ3) is 9.43. The van der Waals surface area contributed by atoms with E-state index in [9.17, 15) is 14.4 Å². The molecule has 0 N–H and O–H groups in total. The van der Waals surface area contributed by atoms with Crippen LogP contribution in [0.4, 0.5) is 0 Å². The predicted octanol–water partition coefficient (Wildman–Crippen LogP) is 8.13. The fourth-order valence-corrected chi connectivity index (χ4v) is 5.43. The number of carbonyl (C=O) groups excluding carboxylic acids is 3. The Morgan fingerprint density at radius 3 is 2.51 bits per heavy atom. The molecule has 1 heterocycles. The van der Waals surface area contributed by atoms with Crippen LogP contribution in [0.25, 0.3) is 10.4 Å². The molecule has 0 aromatic heterocycles. The third-order valence-corrected chi connectivity index (χ3v) is 12.3. The molecule has 0 radical (unpaired) electrons. The number of carbonyl (C=O) groups is 3. The summed E-state index contributed by atoms with van der Waals surface area (Å²) in [6, 6.07) is 14.3. The summed E-state index contributed by atoms with van der Waals surface area (Å²) in [4.78, 5) is 41.3. The molecule has 1 aliphatic heterocycles. The Hall–Kier alpha value is -4.14. The maximum absolute atomic E-state index is 13.9. The smallest absolute Gasteiger partial charge is 0.342 e. The van der Waals surface area contributed by atoms with Gasteiger partial charge in [-0.1, -0.05) is 76.3 Å². The van der Waals surface area contributed by atoms with Crippen molar-refractivity contribution in [3.05, 3.63) is 100.0 Å². The van der Waals surface area contributed by atoms with Crippen LogP contribution in [0.3, 0.4) is 0 Å². The van der Waals surface area contributed by atoms with Crippen LogP contribution in [0.1, 0.15) is 73.2 Å². The molecule has 43 heavy (non-hydrogen) atoms. The molecule has 10 heteroatoms. The monoisotopic (exact) mass is 603 g/mol. The molecule has 2 aromatic rings. The molecule has 0 aliphatic carbocycles. The number of amides is 1. The van der Waals surface area contributed by atoms with Gasteiger partial charge >= 0.3 is 11.9 Å². The fourth-order valence-electron chi connectivity index (χ4n) is 4.40. The first-order valence-corrected chi connectivity index (χ1v) is 17.4. The van der Waals surface area contributed by atoms with Crippen molar-refractivity contribution in [1.29, 1.82) is 0 Å². The number of nitrogens with zero attached hydrogens (tertiary/aromatic N) is 3. The van der Waals surface area contributed by atoms with Gasteiger partial charge in [-0.05, 0) is 77.4 Å². The summed E-state index contributed by atoms with van der Waals surface area (Å²) < 4.78 is 18.7.